The van der Waals surface area contributed by atoms with E-state index in [-0.39, 0.29) is 11.6 Å². The third-order valence-corrected chi connectivity index (χ3v) is 5.47. The topological polar surface area (TPSA) is 32.3 Å². The maximum absolute atomic E-state index is 13.9. The van der Waals surface area contributed by atoms with Gasteiger partial charge in [-0.1, -0.05) is 46.3 Å². The number of aryl methyl sites for hydroxylation is 1. The minimum Gasteiger partial charge on any atom is -0.367 e. The van der Waals surface area contributed by atoms with Crippen LogP contribution in [0.4, 0.5) is 15.8 Å². The van der Waals surface area contributed by atoms with Crippen molar-refractivity contribution in [2.75, 3.05) is 16.8 Å². The highest BCUT2D eigenvalue weighted by atomic mass is 79.9. The molecule has 3 nitrogen and oxygen atoms in total. The SMILES string of the molecule is O=C(Nc1ccc(Br)cc1F)c1ccc(CN2CCCc3ccccc32)cc1. The lowest BCUT2D eigenvalue weighted by atomic mass is 10.0. The Morgan fingerprint density at radius 1 is 1.07 bits per heavy atom. The Morgan fingerprint density at radius 2 is 1.86 bits per heavy atom. The summed E-state index contributed by atoms with van der Waals surface area (Å²) in [5.41, 5.74) is 4.50. The summed E-state index contributed by atoms with van der Waals surface area (Å²) < 4.78 is 14.6. The van der Waals surface area contributed by atoms with E-state index in [0.29, 0.717) is 10.0 Å². The van der Waals surface area contributed by atoms with Gasteiger partial charge in [-0.15, -0.1) is 0 Å². The summed E-state index contributed by atoms with van der Waals surface area (Å²) in [7, 11) is 0. The van der Waals surface area contributed by atoms with Crippen molar-refractivity contribution in [1.29, 1.82) is 0 Å². The second kappa shape index (κ2) is 8.15. The van der Waals surface area contributed by atoms with Gasteiger partial charge in [0.05, 0.1) is 5.69 Å². The van der Waals surface area contributed by atoms with Crippen LogP contribution in [0.3, 0.4) is 0 Å². The minimum atomic E-state index is -0.469. The Bertz CT molecular complexity index is 1000. The molecule has 142 valence electrons. The molecule has 1 heterocycles. The molecule has 0 aromatic heterocycles. The number of para-hydroxylation sites is 1. The standard InChI is InChI=1S/C23H20BrFN2O/c24-19-11-12-21(20(25)14-19)26-23(28)18-9-7-16(8-10-18)15-27-13-3-5-17-4-1-2-6-22(17)27/h1-2,4,6-12,14H,3,5,13,15H2,(H,26,28). The molecule has 3 aromatic carbocycles. The third kappa shape index (κ3) is 4.09. The highest BCUT2D eigenvalue weighted by Crippen LogP contribution is 2.28. The summed E-state index contributed by atoms with van der Waals surface area (Å²) in [6.07, 6.45) is 2.27. The van der Waals surface area contributed by atoms with Crippen LogP contribution in [0.5, 0.6) is 0 Å². The molecule has 0 aliphatic carbocycles. The normalized spacial score (nSPS) is 13.1. The van der Waals surface area contributed by atoms with E-state index in [1.807, 2.05) is 12.1 Å². The molecular weight excluding hydrogens is 419 g/mol. The van der Waals surface area contributed by atoms with Gasteiger partial charge in [-0.25, -0.2) is 4.39 Å². The fourth-order valence-electron chi connectivity index (χ4n) is 3.54. The fraction of sp³-hybridized carbons (Fsp3) is 0.174. The first kappa shape index (κ1) is 18.7. The zero-order valence-electron chi connectivity index (χ0n) is 15.3. The van der Waals surface area contributed by atoms with Crippen molar-refractivity contribution < 1.29 is 9.18 Å². The number of nitrogens with one attached hydrogen (secondary N) is 1. The van der Waals surface area contributed by atoms with Gasteiger partial charge in [0, 0.05) is 28.8 Å². The smallest absolute Gasteiger partial charge is 0.255 e. The van der Waals surface area contributed by atoms with E-state index in [1.165, 1.54) is 17.3 Å². The second-order valence-corrected chi connectivity index (χ2v) is 7.84. The Morgan fingerprint density at radius 3 is 2.64 bits per heavy atom. The minimum absolute atomic E-state index is 0.169. The van der Waals surface area contributed by atoms with Crippen molar-refractivity contribution in [3.63, 3.8) is 0 Å². The largest absolute Gasteiger partial charge is 0.367 e. The molecule has 0 saturated heterocycles. The van der Waals surface area contributed by atoms with Crippen molar-refractivity contribution in [2.45, 2.75) is 19.4 Å². The number of benzene rings is 3. The van der Waals surface area contributed by atoms with Gasteiger partial charge in [-0.05, 0) is 60.4 Å². The summed E-state index contributed by atoms with van der Waals surface area (Å²) in [5.74, 6) is -0.792. The molecule has 1 aliphatic heterocycles. The van der Waals surface area contributed by atoms with E-state index < -0.39 is 5.82 Å². The van der Waals surface area contributed by atoms with Crippen molar-refractivity contribution in [3.05, 3.63) is 93.7 Å². The van der Waals surface area contributed by atoms with Crippen molar-refractivity contribution in [1.82, 2.24) is 0 Å². The van der Waals surface area contributed by atoms with Crippen LogP contribution in [0.1, 0.15) is 27.9 Å². The summed E-state index contributed by atoms with van der Waals surface area (Å²) in [6, 6.07) is 20.6. The molecule has 0 atom stereocenters. The molecule has 1 aliphatic rings. The Kier molecular flexibility index (Phi) is 5.44. The number of carbonyl (C=O) groups excluding carboxylic acids is 1. The van der Waals surface area contributed by atoms with Crippen LogP contribution in [0.15, 0.2) is 71.2 Å². The van der Waals surface area contributed by atoms with Crippen LogP contribution in [0, 0.1) is 5.82 Å². The predicted octanol–water partition coefficient (Wildman–Crippen LogP) is 5.79. The molecule has 28 heavy (non-hydrogen) atoms. The van der Waals surface area contributed by atoms with Crippen LogP contribution < -0.4 is 10.2 Å². The zero-order chi connectivity index (χ0) is 19.5. The van der Waals surface area contributed by atoms with Gasteiger partial charge in [-0.2, -0.15) is 0 Å². The number of fused-ring (bicyclic) bond motifs is 1. The number of anilines is 2. The van der Waals surface area contributed by atoms with Gasteiger partial charge in [0.2, 0.25) is 0 Å². The van der Waals surface area contributed by atoms with Gasteiger partial charge in [-0.3, -0.25) is 4.79 Å². The molecule has 1 amide bonds. The molecule has 5 heteroatoms. The van der Waals surface area contributed by atoms with Crippen molar-refractivity contribution in [2.24, 2.45) is 0 Å². The average Bonchev–Trinajstić information content (AvgIpc) is 2.71. The van der Waals surface area contributed by atoms with Crippen molar-refractivity contribution >= 4 is 33.2 Å². The van der Waals surface area contributed by atoms with Crippen LogP contribution in [0.2, 0.25) is 0 Å². The van der Waals surface area contributed by atoms with E-state index in [2.05, 4.69) is 50.4 Å². The number of hydrogen-bond donors (Lipinski definition) is 1. The van der Waals surface area contributed by atoms with Crippen LogP contribution in [0.25, 0.3) is 0 Å². The van der Waals surface area contributed by atoms with Gasteiger partial charge < -0.3 is 10.2 Å². The number of amides is 1. The molecule has 3 aromatic rings. The van der Waals surface area contributed by atoms with Crippen LogP contribution in [-0.2, 0) is 13.0 Å². The first-order valence-electron chi connectivity index (χ1n) is 9.28. The summed E-state index contributed by atoms with van der Waals surface area (Å²) >= 11 is 3.21. The lowest BCUT2D eigenvalue weighted by molar-refractivity contribution is 0.102. The number of halogens is 2. The van der Waals surface area contributed by atoms with Crippen LogP contribution >= 0.6 is 15.9 Å². The molecule has 1 N–H and O–H groups in total. The molecule has 0 radical (unpaired) electrons. The predicted molar refractivity (Wildman–Crippen MR) is 114 cm³/mol. The molecular formula is C23H20BrFN2O. The maximum Gasteiger partial charge on any atom is 0.255 e. The summed E-state index contributed by atoms with van der Waals surface area (Å²) in [5, 5.41) is 2.62. The first-order valence-corrected chi connectivity index (χ1v) is 10.1. The van der Waals surface area contributed by atoms with E-state index in [9.17, 15) is 9.18 Å². The first-order chi connectivity index (χ1) is 13.6. The van der Waals surface area contributed by atoms with Gasteiger partial charge in [0.15, 0.2) is 0 Å². The quantitative estimate of drug-likeness (QED) is 0.558. The fourth-order valence-corrected chi connectivity index (χ4v) is 3.88. The van der Waals surface area contributed by atoms with E-state index >= 15 is 0 Å². The summed E-state index contributed by atoms with van der Waals surface area (Å²) in [6.45, 7) is 1.84. The second-order valence-electron chi connectivity index (χ2n) is 6.93. The molecule has 0 unspecified atom stereocenters. The Hall–Kier alpha value is -2.66. The van der Waals surface area contributed by atoms with Gasteiger partial charge in [0.1, 0.15) is 5.82 Å². The molecule has 0 fully saturated rings. The molecule has 4 rings (SSSR count). The highest BCUT2D eigenvalue weighted by Gasteiger charge is 2.16. The zero-order valence-corrected chi connectivity index (χ0v) is 16.9. The monoisotopic (exact) mass is 438 g/mol. The lowest BCUT2D eigenvalue weighted by Gasteiger charge is -2.31. The van der Waals surface area contributed by atoms with Gasteiger partial charge in [0.25, 0.3) is 5.91 Å². The Balaban J connectivity index is 1.45. The lowest BCUT2D eigenvalue weighted by Crippen LogP contribution is -2.28. The molecule has 0 saturated carbocycles. The molecule has 0 spiro atoms. The van der Waals surface area contributed by atoms with E-state index in [1.54, 1.807) is 24.3 Å². The van der Waals surface area contributed by atoms with E-state index in [0.717, 1.165) is 31.5 Å². The highest BCUT2D eigenvalue weighted by molar-refractivity contribution is 9.10. The number of rotatable bonds is 4. The van der Waals surface area contributed by atoms with Crippen LogP contribution in [-0.4, -0.2) is 12.5 Å². The Labute approximate surface area is 172 Å². The number of carbonyl (C=O) groups is 1. The van der Waals surface area contributed by atoms with Gasteiger partial charge >= 0.3 is 0 Å². The third-order valence-electron chi connectivity index (χ3n) is 4.98. The number of hydrogen-bond acceptors (Lipinski definition) is 2. The molecule has 0 bridgehead atoms. The maximum atomic E-state index is 13.9. The number of nitrogens with zero attached hydrogens (tertiary/aromatic N) is 1. The van der Waals surface area contributed by atoms with Crippen molar-refractivity contribution in [3.8, 4) is 0 Å². The average molecular weight is 439 g/mol. The van der Waals surface area contributed by atoms with E-state index in [4.69, 9.17) is 0 Å². The summed E-state index contributed by atoms with van der Waals surface area (Å²) in [4.78, 5) is 14.8.